The van der Waals surface area contributed by atoms with E-state index in [2.05, 4.69) is 10.1 Å². The average molecular weight is 310 g/mol. The third-order valence-corrected chi connectivity index (χ3v) is 3.31. The van der Waals surface area contributed by atoms with Gasteiger partial charge in [-0.1, -0.05) is 29.3 Å². The van der Waals surface area contributed by atoms with Crippen LogP contribution in [0, 0.1) is 5.82 Å². The van der Waals surface area contributed by atoms with Gasteiger partial charge in [0.1, 0.15) is 17.3 Å². The summed E-state index contributed by atoms with van der Waals surface area (Å²) >= 11 is 11.8. The summed E-state index contributed by atoms with van der Waals surface area (Å²) in [6, 6.07) is 7.28. The molecule has 20 heavy (non-hydrogen) atoms. The van der Waals surface area contributed by atoms with Crippen LogP contribution in [-0.4, -0.2) is 14.6 Å². The van der Waals surface area contributed by atoms with Crippen LogP contribution < -0.4 is 5.56 Å². The van der Waals surface area contributed by atoms with Gasteiger partial charge < -0.3 is 0 Å². The Morgan fingerprint density at radius 1 is 1.10 bits per heavy atom. The molecule has 0 radical (unpaired) electrons. The van der Waals surface area contributed by atoms with Gasteiger partial charge in [-0.15, -0.1) is 0 Å². The van der Waals surface area contributed by atoms with Gasteiger partial charge in [-0.3, -0.25) is 4.79 Å². The topological polar surface area (TPSA) is 47.3 Å². The highest BCUT2D eigenvalue weighted by atomic mass is 35.5. The van der Waals surface area contributed by atoms with Crippen LogP contribution >= 0.6 is 23.2 Å². The third-order valence-electron chi connectivity index (χ3n) is 2.80. The van der Waals surface area contributed by atoms with Crippen molar-refractivity contribution in [3.8, 4) is 11.1 Å². The zero-order valence-electron chi connectivity index (χ0n) is 9.85. The van der Waals surface area contributed by atoms with Crippen molar-refractivity contribution in [2.24, 2.45) is 0 Å². The van der Waals surface area contributed by atoms with E-state index in [0.29, 0.717) is 5.52 Å². The molecule has 3 rings (SSSR count). The van der Waals surface area contributed by atoms with Gasteiger partial charge in [0.05, 0.1) is 16.1 Å². The molecule has 0 amide bonds. The van der Waals surface area contributed by atoms with Crippen LogP contribution in [-0.2, 0) is 0 Å². The molecular formula is C13H6Cl2FN3O. The summed E-state index contributed by atoms with van der Waals surface area (Å²) in [5.41, 5.74) is -0.142. The predicted molar refractivity (Wildman–Crippen MR) is 74.7 cm³/mol. The molecule has 0 aliphatic rings. The van der Waals surface area contributed by atoms with E-state index in [0.717, 1.165) is 0 Å². The monoisotopic (exact) mass is 309 g/mol. The predicted octanol–water partition coefficient (Wildman–Crippen LogP) is 3.20. The molecule has 2 heterocycles. The lowest BCUT2D eigenvalue weighted by molar-refractivity contribution is 0.631. The highest BCUT2D eigenvalue weighted by molar-refractivity contribution is 6.33. The molecule has 0 saturated heterocycles. The fourth-order valence-corrected chi connectivity index (χ4v) is 2.35. The van der Waals surface area contributed by atoms with E-state index in [1.165, 1.54) is 35.1 Å². The maximum atomic E-state index is 14.0. The van der Waals surface area contributed by atoms with Crippen molar-refractivity contribution in [1.82, 2.24) is 14.6 Å². The van der Waals surface area contributed by atoms with E-state index < -0.39 is 11.4 Å². The van der Waals surface area contributed by atoms with E-state index in [1.54, 1.807) is 6.07 Å². The van der Waals surface area contributed by atoms with Gasteiger partial charge in [-0.2, -0.15) is 10.1 Å². The number of rotatable bonds is 1. The Bertz CT molecular complexity index is 859. The summed E-state index contributed by atoms with van der Waals surface area (Å²) in [6.45, 7) is 0. The Balaban J connectivity index is 2.47. The Morgan fingerprint density at radius 3 is 2.65 bits per heavy atom. The number of benzene rings is 1. The maximum absolute atomic E-state index is 14.0. The standard InChI is InChI=1S/C13H6Cl2FN3O/c14-7-2-1-3-8(16)11(7)12-9-4-5-10(15)18-19(9)6-17-13(12)20/h1-6H. The third kappa shape index (κ3) is 2.05. The minimum Gasteiger partial charge on any atom is -0.267 e. The van der Waals surface area contributed by atoms with Crippen LogP contribution in [0.4, 0.5) is 4.39 Å². The summed E-state index contributed by atoms with van der Waals surface area (Å²) in [4.78, 5) is 15.7. The summed E-state index contributed by atoms with van der Waals surface area (Å²) < 4.78 is 15.3. The molecule has 2 aromatic heterocycles. The molecule has 0 fully saturated rings. The van der Waals surface area contributed by atoms with Gasteiger partial charge in [-0.25, -0.2) is 8.91 Å². The summed E-state index contributed by atoms with van der Waals surface area (Å²) in [6.07, 6.45) is 1.22. The number of nitrogens with zero attached hydrogens (tertiary/aromatic N) is 3. The van der Waals surface area contributed by atoms with Gasteiger partial charge in [0, 0.05) is 5.56 Å². The van der Waals surface area contributed by atoms with Crippen LogP contribution in [0.2, 0.25) is 10.2 Å². The van der Waals surface area contributed by atoms with Gasteiger partial charge in [0.2, 0.25) is 0 Å². The van der Waals surface area contributed by atoms with Crippen molar-refractivity contribution in [2.45, 2.75) is 0 Å². The van der Waals surface area contributed by atoms with E-state index in [4.69, 9.17) is 23.2 Å². The highest BCUT2D eigenvalue weighted by Crippen LogP contribution is 2.30. The lowest BCUT2D eigenvalue weighted by Gasteiger charge is -2.08. The largest absolute Gasteiger partial charge is 0.281 e. The van der Waals surface area contributed by atoms with Crippen LogP contribution in [0.25, 0.3) is 16.6 Å². The van der Waals surface area contributed by atoms with Crippen molar-refractivity contribution in [2.75, 3.05) is 0 Å². The molecule has 0 saturated carbocycles. The number of hydrogen-bond acceptors (Lipinski definition) is 3. The Kier molecular flexibility index (Phi) is 3.16. The molecular weight excluding hydrogens is 304 g/mol. The van der Waals surface area contributed by atoms with Gasteiger partial charge >= 0.3 is 0 Å². The number of hydrogen-bond donors (Lipinski definition) is 0. The Morgan fingerprint density at radius 2 is 1.90 bits per heavy atom. The zero-order chi connectivity index (χ0) is 14.3. The first-order valence-corrected chi connectivity index (χ1v) is 6.32. The second-order valence-electron chi connectivity index (χ2n) is 4.01. The minimum absolute atomic E-state index is 0.00823. The lowest BCUT2D eigenvalue weighted by atomic mass is 10.1. The van der Waals surface area contributed by atoms with Crippen LogP contribution in [0.15, 0.2) is 41.5 Å². The minimum atomic E-state index is -0.598. The van der Waals surface area contributed by atoms with E-state index in [1.807, 2.05) is 0 Å². The fourth-order valence-electron chi connectivity index (χ4n) is 1.95. The molecule has 0 aliphatic carbocycles. The van der Waals surface area contributed by atoms with E-state index >= 15 is 0 Å². The molecule has 4 nitrogen and oxygen atoms in total. The summed E-state index contributed by atoms with van der Waals surface area (Å²) in [7, 11) is 0. The summed E-state index contributed by atoms with van der Waals surface area (Å²) in [5.74, 6) is -0.598. The van der Waals surface area contributed by atoms with Crippen molar-refractivity contribution < 1.29 is 4.39 Å². The molecule has 3 aromatic rings. The molecule has 0 N–H and O–H groups in total. The first-order valence-electron chi connectivity index (χ1n) is 5.56. The normalized spacial score (nSPS) is 10.9. The highest BCUT2D eigenvalue weighted by Gasteiger charge is 2.17. The maximum Gasteiger partial charge on any atom is 0.281 e. The molecule has 0 spiro atoms. The van der Waals surface area contributed by atoms with Crippen molar-refractivity contribution in [3.63, 3.8) is 0 Å². The van der Waals surface area contributed by atoms with E-state index in [9.17, 15) is 9.18 Å². The first kappa shape index (κ1) is 13.0. The molecule has 0 unspecified atom stereocenters. The molecule has 0 aliphatic heterocycles. The number of halogens is 3. The van der Waals surface area contributed by atoms with Crippen LogP contribution in [0.5, 0.6) is 0 Å². The lowest BCUT2D eigenvalue weighted by Crippen LogP contribution is -2.14. The second-order valence-corrected chi connectivity index (χ2v) is 4.80. The van der Waals surface area contributed by atoms with Gasteiger partial charge in [-0.05, 0) is 24.3 Å². The smallest absolute Gasteiger partial charge is 0.267 e. The van der Waals surface area contributed by atoms with Crippen LogP contribution in [0.3, 0.4) is 0 Å². The first-order chi connectivity index (χ1) is 9.58. The van der Waals surface area contributed by atoms with Crippen molar-refractivity contribution in [3.05, 3.63) is 63.0 Å². The quantitative estimate of drug-likeness (QED) is 0.693. The molecule has 7 heteroatoms. The Labute approximate surface area is 122 Å². The molecule has 100 valence electrons. The fraction of sp³-hybridized carbons (Fsp3) is 0. The molecule has 0 atom stereocenters. The van der Waals surface area contributed by atoms with Gasteiger partial charge in [0.15, 0.2) is 0 Å². The summed E-state index contributed by atoms with van der Waals surface area (Å²) in [5, 5.41) is 4.34. The average Bonchev–Trinajstić information content (AvgIpc) is 2.41. The van der Waals surface area contributed by atoms with Crippen LogP contribution in [0.1, 0.15) is 0 Å². The zero-order valence-corrected chi connectivity index (χ0v) is 11.4. The van der Waals surface area contributed by atoms with Crippen molar-refractivity contribution >= 4 is 28.7 Å². The molecule has 0 bridgehead atoms. The molecule has 1 aromatic carbocycles. The SMILES string of the molecule is O=c1ncn2nc(Cl)ccc2c1-c1c(F)cccc1Cl. The number of fused-ring (bicyclic) bond motifs is 1. The Hall–Kier alpha value is -1.98. The van der Waals surface area contributed by atoms with Crippen molar-refractivity contribution in [1.29, 1.82) is 0 Å². The van der Waals surface area contributed by atoms with Gasteiger partial charge in [0.25, 0.3) is 5.56 Å². The second kappa shape index (κ2) is 4.85. The van der Waals surface area contributed by atoms with E-state index in [-0.39, 0.29) is 21.3 Å². The number of aromatic nitrogens is 3.